The molecule has 5 heteroatoms. The molecule has 5 nitrogen and oxygen atoms in total. The second kappa shape index (κ2) is 8.37. The molecule has 0 aromatic carbocycles. The van der Waals surface area contributed by atoms with E-state index in [-0.39, 0.29) is 18.9 Å². The summed E-state index contributed by atoms with van der Waals surface area (Å²) >= 11 is 0. The molecule has 122 valence electrons. The number of rotatable bonds is 7. The van der Waals surface area contributed by atoms with Crippen LogP contribution in [0.25, 0.3) is 0 Å². The van der Waals surface area contributed by atoms with Crippen LogP contribution in [0.1, 0.15) is 59.3 Å². The second-order valence-electron chi connectivity index (χ2n) is 7.04. The first kappa shape index (κ1) is 18.0. The minimum Gasteiger partial charge on any atom is -0.481 e. The predicted octanol–water partition coefficient (Wildman–Crippen LogP) is 2.59. The van der Waals surface area contributed by atoms with Crippen LogP contribution >= 0.6 is 0 Å². The molecule has 0 bridgehead atoms. The summed E-state index contributed by atoms with van der Waals surface area (Å²) < 4.78 is 5.24. The van der Waals surface area contributed by atoms with E-state index in [4.69, 9.17) is 9.84 Å². The first-order valence-electron chi connectivity index (χ1n) is 7.90. The average Bonchev–Trinajstić information content (AvgIpc) is 2.35. The van der Waals surface area contributed by atoms with Gasteiger partial charge in [0.2, 0.25) is 0 Å². The zero-order chi connectivity index (χ0) is 15.9. The van der Waals surface area contributed by atoms with E-state index in [0.717, 1.165) is 38.6 Å². The Morgan fingerprint density at radius 3 is 2.24 bits per heavy atom. The van der Waals surface area contributed by atoms with E-state index in [1.54, 1.807) is 0 Å². The average molecular weight is 299 g/mol. The Balaban J connectivity index is 2.10. The zero-order valence-electron chi connectivity index (χ0n) is 13.5. The first-order valence-corrected chi connectivity index (χ1v) is 7.90. The van der Waals surface area contributed by atoms with Crippen LogP contribution in [0, 0.1) is 11.8 Å². The molecule has 0 spiro atoms. The molecule has 0 aromatic rings. The standard InChI is InChI=1S/C16H29NO4/c1-16(2,3)21-15(20)11-17-10-13-6-4-12(5-7-13)8-9-14(18)19/h12-13,17H,4-11H2,1-3H3,(H,18,19). The molecule has 0 saturated heterocycles. The van der Waals surface area contributed by atoms with Gasteiger partial charge in [-0.05, 0) is 58.4 Å². The number of nitrogens with one attached hydrogen (secondary N) is 1. The van der Waals surface area contributed by atoms with Gasteiger partial charge in [-0.25, -0.2) is 0 Å². The van der Waals surface area contributed by atoms with E-state index < -0.39 is 11.6 Å². The molecule has 21 heavy (non-hydrogen) atoms. The smallest absolute Gasteiger partial charge is 0.320 e. The molecule has 0 amide bonds. The monoisotopic (exact) mass is 299 g/mol. The van der Waals surface area contributed by atoms with E-state index in [2.05, 4.69) is 5.32 Å². The van der Waals surface area contributed by atoms with E-state index in [9.17, 15) is 9.59 Å². The summed E-state index contributed by atoms with van der Waals surface area (Å²) in [6.45, 7) is 6.69. The van der Waals surface area contributed by atoms with Crippen molar-refractivity contribution in [3.63, 3.8) is 0 Å². The third-order valence-electron chi connectivity index (χ3n) is 3.86. The number of carbonyl (C=O) groups is 2. The highest BCUT2D eigenvalue weighted by atomic mass is 16.6. The van der Waals surface area contributed by atoms with E-state index in [0.29, 0.717) is 11.8 Å². The molecular formula is C16H29NO4. The van der Waals surface area contributed by atoms with Crippen molar-refractivity contribution < 1.29 is 19.4 Å². The highest BCUT2D eigenvalue weighted by molar-refractivity contribution is 5.72. The Morgan fingerprint density at radius 1 is 1.14 bits per heavy atom. The lowest BCUT2D eigenvalue weighted by atomic mass is 9.80. The van der Waals surface area contributed by atoms with Crippen LogP contribution in [-0.2, 0) is 14.3 Å². The summed E-state index contributed by atoms with van der Waals surface area (Å²) in [6, 6.07) is 0. The SMILES string of the molecule is CC(C)(C)OC(=O)CNCC1CCC(CCC(=O)O)CC1. The van der Waals surface area contributed by atoms with Crippen molar-refractivity contribution in [2.24, 2.45) is 11.8 Å². The van der Waals surface area contributed by atoms with E-state index in [1.165, 1.54) is 0 Å². The molecule has 1 rings (SSSR count). The summed E-state index contributed by atoms with van der Waals surface area (Å²) in [7, 11) is 0. The maximum absolute atomic E-state index is 11.6. The lowest BCUT2D eigenvalue weighted by molar-refractivity contribution is -0.153. The van der Waals surface area contributed by atoms with Gasteiger partial charge in [0.1, 0.15) is 5.60 Å². The number of hydrogen-bond donors (Lipinski definition) is 2. The number of carboxylic acids is 1. The van der Waals surface area contributed by atoms with Crippen molar-refractivity contribution >= 4 is 11.9 Å². The van der Waals surface area contributed by atoms with Gasteiger partial charge in [-0.1, -0.05) is 12.8 Å². The largest absolute Gasteiger partial charge is 0.481 e. The predicted molar refractivity (Wildman–Crippen MR) is 81.0 cm³/mol. The molecule has 0 unspecified atom stereocenters. The summed E-state index contributed by atoms with van der Waals surface area (Å²) in [6.07, 6.45) is 5.52. The minimum absolute atomic E-state index is 0.211. The molecule has 1 saturated carbocycles. The maximum atomic E-state index is 11.6. The molecule has 0 heterocycles. The molecule has 0 aromatic heterocycles. The van der Waals surface area contributed by atoms with Crippen molar-refractivity contribution in [1.29, 1.82) is 0 Å². The number of esters is 1. The van der Waals surface area contributed by atoms with Gasteiger partial charge < -0.3 is 15.2 Å². The fourth-order valence-corrected chi connectivity index (χ4v) is 2.81. The molecular weight excluding hydrogens is 270 g/mol. The van der Waals surface area contributed by atoms with Crippen molar-refractivity contribution in [3.05, 3.63) is 0 Å². The molecule has 1 aliphatic rings. The Morgan fingerprint density at radius 2 is 1.71 bits per heavy atom. The Hall–Kier alpha value is -1.10. The van der Waals surface area contributed by atoms with Crippen LogP contribution in [0.5, 0.6) is 0 Å². The number of hydrogen-bond acceptors (Lipinski definition) is 4. The van der Waals surface area contributed by atoms with Crippen molar-refractivity contribution in [2.45, 2.75) is 64.9 Å². The van der Waals surface area contributed by atoms with Gasteiger partial charge in [-0.2, -0.15) is 0 Å². The number of ether oxygens (including phenoxy) is 1. The van der Waals surface area contributed by atoms with Crippen LogP contribution in [0.15, 0.2) is 0 Å². The lowest BCUT2D eigenvalue weighted by Crippen LogP contribution is -2.34. The van der Waals surface area contributed by atoms with Gasteiger partial charge in [0.25, 0.3) is 0 Å². The lowest BCUT2D eigenvalue weighted by Gasteiger charge is -2.28. The highest BCUT2D eigenvalue weighted by Gasteiger charge is 2.22. The van der Waals surface area contributed by atoms with Gasteiger partial charge >= 0.3 is 11.9 Å². The zero-order valence-corrected chi connectivity index (χ0v) is 13.5. The van der Waals surface area contributed by atoms with E-state index >= 15 is 0 Å². The Kier molecular flexibility index (Phi) is 7.15. The molecule has 1 fully saturated rings. The number of carboxylic acid groups (broad SMARTS) is 1. The van der Waals surface area contributed by atoms with Crippen molar-refractivity contribution in [3.8, 4) is 0 Å². The fraction of sp³-hybridized carbons (Fsp3) is 0.875. The van der Waals surface area contributed by atoms with E-state index in [1.807, 2.05) is 20.8 Å². The molecule has 0 aliphatic heterocycles. The Bertz CT molecular complexity index is 341. The molecule has 2 N–H and O–H groups in total. The van der Waals surface area contributed by atoms with Crippen LogP contribution in [0.2, 0.25) is 0 Å². The third kappa shape index (κ3) is 8.71. The van der Waals surface area contributed by atoms with Gasteiger partial charge in [0, 0.05) is 6.42 Å². The summed E-state index contributed by atoms with van der Waals surface area (Å²) in [5, 5.41) is 11.9. The van der Waals surface area contributed by atoms with Gasteiger partial charge in [-0.3, -0.25) is 9.59 Å². The molecule has 0 atom stereocenters. The Labute approximate surface area is 127 Å². The van der Waals surface area contributed by atoms with Crippen LogP contribution < -0.4 is 5.32 Å². The number of aliphatic carboxylic acids is 1. The van der Waals surface area contributed by atoms with Crippen LogP contribution in [0.3, 0.4) is 0 Å². The van der Waals surface area contributed by atoms with Gasteiger partial charge in [0.05, 0.1) is 6.54 Å². The summed E-state index contributed by atoms with van der Waals surface area (Å²) in [4.78, 5) is 22.1. The quantitative estimate of drug-likeness (QED) is 0.707. The maximum Gasteiger partial charge on any atom is 0.320 e. The number of carbonyl (C=O) groups excluding carboxylic acids is 1. The third-order valence-corrected chi connectivity index (χ3v) is 3.86. The minimum atomic E-state index is -0.698. The second-order valence-corrected chi connectivity index (χ2v) is 7.04. The summed E-state index contributed by atoms with van der Waals surface area (Å²) in [5.74, 6) is 0.241. The van der Waals surface area contributed by atoms with Gasteiger partial charge in [-0.15, -0.1) is 0 Å². The fourth-order valence-electron chi connectivity index (χ4n) is 2.81. The van der Waals surface area contributed by atoms with Crippen LogP contribution in [0.4, 0.5) is 0 Å². The highest BCUT2D eigenvalue weighted by Crippen LogP contribution is 2.31. The topological polar surface area (TPSA) is 75.6 Å². The normalized spacial score (nSPS) is 22.8. The first-order chi connectivity index (χ1) is 9.76. The van der Waals surface area contributed by atoms with Crippen molar-refractivity contribution in [1.82, 2.24) is 5.32 Å². The summed E-state index contributed by atoms with van der Waals surface area (Å²) in [5.41, 5.74) is -0.430. The molecule has 1 aliphatic carbocycles. The van der Waals surface area contributed by atoms with Gasteiger partial charge in [0.15, 0.2) is 0 Å². The van der Waals surface area contributed by atoms with Crippen molar-refractivity contribution in [2.75, 3.05) is 13.1 Å². The molecule has 0 radical (unpaired) electrons. The van der Waals surface area contributed by atoms with Crippen LogP contribution in [-0.4, -0.2) is 35.7 Å².